The summed E-state index contributed by atoms with van der Waals surface area (Å²) in [7, 11) is 0. The molecule has 35 heavy (non-hydrogen) atoms. The fraction of sp³-hybridized carbons (Fsp3) is 0.320. The van der Waals surface area contributed by atoms with Crippen LogP contribution in [0.15, 0.2) is 42.5 Å². The third-order valence-electron chi connectivity index (χ3n) is 6.83. The topological polar surface area (TPSA) is 107 Å². The number of thiazole rings is 1. The van der Waals surface area contributed by atoms with Crippen LogP contribution in [0.3, 0.4) is 0 Å². The van der Waals surface area contributed by atoms with Crippen LogP contribution in [0.2, 0.25) is 0 Å². The summed E-state index contributed by atoms with van der Waals surface area (Å²) in [5.74, 6) is 1.05. The van der Waals surface area contributed by atoms with E-state index in [1.54, 1.807) is 23.1 Å². The summed E-state index contributed by atoms with van der Waals surface area (Å²) < 4.78 is 24.9. The quantitative estimate of drug-likeness (QED) is 0.560. The number of carbonyl (C=O) groups excluding carboxylic acids is 2. The molecular weight excluding hydrogens is 471 g/mol. The molecule has 3 aliphatic rings. The molecule has 0 unspecified atom stereocenters. The first kappa shape index (κ1) is 21.8. The number of fused-ring (bicyclic) bond motifs is 2. The van der Waals surface area contributed by atoms with Crippen LogP contribution in [-0.4, -0.2) is 47.6 Å². The molecule has 0 bridgehead atoms. The lowest BCUT2D eigenvalue weighted by Crippen LogP contribution is -2.46. The van der Waals surface area contributed by atoms with Gasteiger partial charge in [-0.1, -0.05) is 35.6 Å². The Kier molecular flexibility index (Phi) is 5.32. The summed E-state index contributed by atoms with van der Waals surface area (Å²) in [4.78, 5) is 32.7. The summed E-state index contributed by atoms with van der Waals surface area (Å²) in [5.41, 5.74) is 7.72. The van der Waals surface area contributed by atoms with Gasteiger partial charge >= 0.3 is 6.09 Å². The molecule has 1 saturated carbocycles. The summed E-state index contributed by atoms with van der Waals surface area (Å²) >= 11 is 1.16. The molecule has 6 rings (SSSR count). The van der Waals surface area contributed by atoms with E-state index in [4.69, 9.17) is 15.2 Å². The van der Waals surface area contributed by atoms with E-state index in [0.29, 0.717) is 46.9 Å². The third kappa shape index (κ3) is 4.07. The predicted octanol–water partition coefficient (Wildman–Crippen LogP) is 3.72. The number of aromatic nitrogens is 1. The van der Waals surface area contributed by atoms with Crippen molar-refractivity contribution in [2.24, 2.45) is 11.8 Å². The monoisotopic (exact) mass is 494 g/mol. The lowest BCUT2D eigenvalue weighted by Gasteiger charge is -2.27. The van der Waals surface area contributed by atoms with Gasteiger partial charge < -0.3 is 25.4 Å². The molecule has 180 valence electrons. The van der Waals surface area contributed by atoms with Crippen LogP contribution in [0.4, 0.5) is 14.3 Å². The zero-order valence-corrected chi connectivity index (χ0v) is 19.5. The van der Waals surface area contributed by atoms with Crippen LogP contribution in [0.5, 0.6) is 11.5 Å². The SMILES string of the molecule is Nc1nc(C(=O)N2C[C@@H]3C[C@@H]3[C@H]2CNC(=O)Oc2cccc3c2OCC3)c(-c2cccc(F)c2)s1. The second kappa shape index (κ2) is 8.53. The maximum Gasteiger partial charge on any atom is 0.412 e. The van der Waals surface area contributed by atoms with E-state index in [1.807, 2.05) is 12.1 Å². The van der Waals surface area contributed by atoms with Gasteiger partial charge in [-0.15, -0.1) is 0 Å². The summed E-state index contributed by atoms with van der Waals surface area (Å²) in [5, 5.41) is 3.06. The van der Waals surface area contributed by atoms with E-state index in [-0.39, 0.29) is 29.3 Å². The number of nitrogens with zero attached hydrogens (tertiary/aromatic N) is 2. The molecule has 2 amide bonds. The Morgan fingerprint density at radius 1 is 1.29 bits per heavy atom. The van der Waals surface area contributed by atoms with Gasteiger partial charge in [0.05, 0.1) is 17.5 Å². The minimum absolute atomic E-state index is 0.180. The molecule has 1 aliphatic carbocycles. The molecule has 8 nitrogen and oxygen atoms in total. The van der Waals surface area contributed by atoms with E-state index in [9.17, 15) is 14.0 Å². The van der Waals surface area contributed by atoms with Gasteiger partial charge in [0, 0.05) is 25.1 Å². The van der Waals surface area contributed by atoms with Crippen molar-refractivity contribution in [2.45, 2.75) is 18.9 Å². The van der Waals surface area contributed by atoms with Crippen LogP contribution < -0.4 is 20.5 Å². The van der Waals surface area contributed by atoms with Gasteiger partial charge in [0.25, 0.3) is 5.91 Å². The van der Waals surface area contributed by atoms with Crippen LogP contribution in [-0.2, 0) is 6.42 Å². The first-order chi connectivity index (χ1) is 17.0. The predicted molar refractivity (Wildman–Crippen MR) is 128 cm³/mol. The number of nitrogens with two attached hydrogens (primary N) is 1. The van der Waals surface area contributed by atoms with Gasteiger partial charge in [-0.2, -0.15) is 0 Å². The summed E-state index contributed by atoms with van der Waals surface area (Å²) in [6.45, 7) is 1.42. The molecule has 1 aromatic heterocycles. The average Bonchev–Trinajstić information content (AvgIpc) is 3.16. The van der Waals surface area contributed by atoms with Crippen molar-refractivity contribution in [3.8, 4) is 21.9 Å². The van der Waals surface area contributed by atoms with Crippen molar-refractivity contribution < 1.29 is 23.5 Å². The van der Waals surface area contributed by atoms with Gasteiger partial charge in [0.15, 0.2) is 16.6 Å². The lowest BCUT2D eigenvalue weighted by molar-refractivity contribution is 0.0700. The molecule has 1 saturated heterocycles. The Balaban J connectivity index is 1.17. The molecule has 3 N–H and O–H groups in total. The second-order valence-corrected chi connectivity index (χ2v) is 10.1. The number of piperidine rings is 1. The van der Waals surface area contributed by atoms with E-state index in [2.05, 4.69) is 10.3 Å². The smallest absolute Gasteiger partial charge is 0.412 e. The van der Waals surface area contributed by atoms with Crippen molar-refractivity contribution in [2.75, 3.05) is 25.4 Å². The van der Waals surface area contributed by atoms with Crippen molar-refractivity contribution in [1.29, 1.82) is 0 Å². The molecule has 0 spiro atoms. The Morgan fingerprint density at radius 2 is 2.14 bits per heavy atom. The minimum Gasteiger partial charge on any atom is -0.489 e. The molecule has 2 aromatic carbocycles. The molecule has 10 heteroatoms. The van der Waals surface area contributed by atoms with Gasteiger partial charge in [-0.05, 0) is 42.0 Å². The molecule has 3 heterocycles. The van der Waals surface area contributed by atoms with Crippen LogP contribution >= 0.6 is 11.3 Å². The molecule has 3 atom stereocenters. The third-order valence-corrected chi connectivity index (χ3v) is 7.77. The summed E-state index contributed by atoms with van der Waals surface area (Å²) in [6, 6.07) is 11.3. The summed E-state index contributed by atoms with van der Waals surface area (Å²) in [6.07, 6.45) is 1.21. The molecule has 3 aromatic rings. The van der Waals surface area contributed by atoms with E-state index >= 15 is 0 Å². The maximum absolute atomic E-state index is 13.8. The Bertz CT molecular complexity index is 1330. The highest BCUT2D eigenvalue weighted by molar-refractivity contribution is 7.19. The number of halogens is 1. The highest BCUT2D eigenvalue weighted by atomic mass is 32.1. The van der Waals surface area contributed by atoms with Crippen molar-refractivity contribution in [3.63, 3.8) is 0 Å². The fourth-order valence-corrected chi connectivity index (χ4v) is 5.92. The van der Waals surface area contributed by atoms with E-state index in [0.717, 1.165) is 29.7 Å². The van der Waals surface area contributed by atoms with Gasteiger partial charge in [0.2, 0.25) is 0 Å². The standard InChI is InChI=1S/C25H23FN4O4S/c26-16-5-1-4-14(9-16)22-20(29-24(27)35-22)23(31)30-12-15-10-17(15)18(30)11-28-25(32)34-19-6-2-3-13-7-8-33-21(13)19/h1-6,9,15,17-18H,7-8,10-12H2,(H2,27,29)(H,28,32)/t15-,17-,18+/m0/s1. The highest BCUT2D eigenvalue weighted by Gasteiger charge is 2.54. The first-order valence-electron chi connectivity index (χ1n) is 11.5. The number of anilines is 1. The van der Waals surface area contributed by atoms with Gasteiger partial charge in [-0.25, -0.2) is 14.2 Å². The lowest BCUT2D eigenvalue weighted by atomic mass is 10.1. The zero-order valence-electron chi connectivity index (χ0n) is 18.7. The van der Waals surface area contributed by atoms with Gasteiger partial charge in [-0.3, -0.25) is 4.79 Å². The zero-order chi connectivity index (χ0) is 24.1. The van der Waals surface area contributed by atoms with Crippen LogP contribution in [0.25, 0.3) is 10.4 Å². The highest BCUT2D eigenvalue weighted by Crippen LogP contribution is 2.50. The number of carbonyl (C=O) groups is 2. The molecular formula is C25H23FN4O4S. The number of rotatable bonds is 5. The average molecular weight is 495 g/mol. The first-order valence-corrected chi connectivity index (χ1v) is 12.3. The largest absolute Gasteiger partial charge is 0.489 e. The van der Waals surface area contributed by atoms with Crippen molar-refractivity contribution >= 4 is 28.5 Å². The van der Waals surface area contributed by atoms with Gasteiger partial charge in [0.1, 0.15) is 11.5 Å². The number of para-hydroxylation sites is 1. The molecule has 2 fully saturated rings. The number of nitrogen functional groups attached to an aromatic ring is 1. The van der Waals surface area contributed by atoms with Crippen LogP contribution in [0.1, 0.15) is 22.5 Å². The van der Waals surface area contributed by atoms with Crippen LogP contribution in [0, 0.1) is 17.7 Å². The second-order valence-electron chi connectivity index (χ2n) is 9.04. The fourth-order valence-electron chi connectivity index (χ4n) is 5.10. The number of hydrogen-bond acceptors (Lipinski definition) is 7. The van der Waals surface area contributed by atoms with Crippen molar-refractivity contribution in [1.82, 2.24) is 15.2 Å². The number of benzene rings is 2. The number of ether oxygens (including phenoxy) is 2. The number of amides is 2. The van der Waals surface area contributed by atoms with E-state index in [1.165, 1.54) is 12.1 Å². The minimum atomic E-state index is -0.594. The molecule has 2 aliphatic heterocycles. The number of hydrogen-bond donors (Lipinski definition) is 2. The Morgan fingerprint density at radius 3 is 3.00 bits per heavy atom. The Labute approximate surface area is 204 Å². The maximum atomic E-state index is 13.8. The number of likely N-dealkylation sites (tertiary alicyclic amines) is 1. The number of nitrogens with one attached hydrogen (secondary N) is 1. The normalized spacial score (nSPS) is 21.7. The van der Waals surface area contributed by atoms with Crippen molar-refractivity contribution in [3.05, 3.63) is 59.5 Å². The Hall–Kier alpha value is -3.66. The van der Waals surface area contributed by atoms with E-state index < -0.39 is 11.9 Å². The molecule has 0 radical (unpaired) electrons.